The third kappa shape index (κ3) is 4.52. The molecule has 0 fully saturated rings. The second kappa shape index (κ2) is 6.34. The van der Waals surface area contributed by atoms with Crippen molar-refractivity contribution in [3.63, 3.8) is 0 Å². The van der Waals surface area contributed by atoms with Gasteiger partial charge in [-0.1, -0.05) is 13.8 Å². The van der Waals surface area contributed by atoms with Crippen LogP contribution in [0.3, 0.4) is 0 Å². The van der Waals surface area contributed by atoms with Crippen molar-refractivity contribution in [2.24, 2.45) is 5.92 Å². The standard InChI is InChI=1S/C11H16N2O3S/c1-4-16-10(15)8-6-17-11(12-8)13-9(14)5-7(2)3/h6-7H,4-5H2,1-3H3,(H,12,13,14). The van der Waals surface area contributed by atoms with Gasteiger partial charge in [-0.2, -0.15) is 0 Å². The summed E-state index contributed by atoms with van der Waals surface area (Å²) in [5.74, 6) is -0.266. The molecule has 1 aromatic heterocycles. The highest BCUT2D eigenvalue weighted by molar-refractivity contribution is 7.14. The van der Waals surface area contributed by atoms with Gasteiger partial charge in [-0.05, 0) is 12.8 Å². The summed E-state index contributed by atoms with van der Waals surface area (Å²) in [4.78, 5) is 26.8. The molecule has 0 spiro atoms. The fourth-order valence-corrected chi connectivity index (χ4v) is 1.87. The van der Waals surface area contributed by atoms with E-state index in [1.807, 2.05) is 13.8 Å². The molecule has 0 aliphatic rings. The summed E-state index contributed by atoms with van der Waals surface area (Å²) in [6.07, 6.45) is 0.439. The van der Waals surface area contributed by atoms with Gasteiger partial charge >= 0.3 is 5.97 Å². The van der Waals surface area contributed by atoms with Gasteiger partial charge in [0.15, 0.2) is 10.8 Å². The number of ether oxygens (including phenoxy) is 1. The quantitative estimate of drug-likeness (QED) is 0.821. The number of carbonyl (C=O) groups excluding carboxylic acids is 2. The lowest BCUT2D eigenvalue weighted by Crippen LogP contribution is -2.14. The van der Waals surface area contributed by atoms with Crippen LogP contribution < -0.4 is 5.32 Å². The zero-order valence-electron chi connectivity index (χ0n) is 10.1. The minimum Gasteiger partial charge on any atom is -0.461 e. The average Bonchev–Trinajstić information content (AvgIpc) is 2.65. The first-order valence-electron chi connectivity index (χ1n) is 5.45. The van der Waals surface area contributed by atoms with Crippen LogP contribution in [0.1, 0.15) is 37.7 Å². The molecular weight excluding hydrogens is 240 g/mol. The first-order chi connectivity index (χ1) is 8.02. The molecule has 0 saturated carbocycles. The fraction of sp³-hybridized carbons (Fsp3) is 0.545. The molecule has 0 unspecified atom stereocenters. The number of hydrogen-bond donors (Lipinski definition) is 1. The Bertz CT molecular complexity index is 401. The van der Waals surface area contributed by atoms with Crippen LogP contribution in [0.4, 0.5) is 5.13 Å². The van der Waals surface area contributed by atoms with E-state index in [9.17, 15) is 9.59 Å². The first-order valence-corrected chi connectivity index (χ1v) is 6.33. The lowest BCUT2D eigenvalue weighted by atomic mass is 10.1. The average molecular weight is 256 g/mol. The Balaban J connectivity index is 2.56. The highest BCUT2D eigenvalue weighted by Crippen LogP contribution is 2.16. The molecule has 17 heavy (non-hydrogen) atoms. The van der Waals surface area contributed by atoms with E-state index in [0.717, 1.165) is 0 Å². The number of amides is 1. The predicted molar refractivity (Wildman–Crippen MR) is 66.2 cm³/mol. The number of nitrogens with zero attached hydrogens (tertiary/aromatic N) is 1. The van der Waals surface area contributed by atoms with Crippen LogP contribution in [0.5, 0.6) is 0 Å². The van der Waals surface area contributed by atoms with E-state index in [-0.39, 0.29) is 11.6 Å². The Morgan fingerprint density at radius 1 is 1.53 bits per heavy atom. The van der Waals surface area contributed by atoms with E-state index in [4.69, 9.17) is 4.74 Å². The topological polar surface area (TPSA) is 68.3 Å². The summed E-state index contributed by atoms with van der Waals surface area (Å²) < 4.78 is 4.80. The minimum absolute atomic E-state index is 0.0928. The Labute approximate surface area is 104 Å². The van der Waals surface area contributed by atoms with Crippen molar-refractivity contribution in [1.82, 2.24) is 4.98 Å². The number of carbonyl (C=O) groups is 2. The molecule has 0 bridgehead atoms. The predicted octanol–water partition coefficient (Wildman–Crippen LogP) is 2.30. The summed E-state index contributed by atoms with van der Waals surface area (Å²) in [7, 11) is 0. The first kappa shape index (κ1) is 13.6. The molecule has 1 rings (SSSR count). The third-order valence-electron chi connectivity index (χ3n) is 1.83. The van der Waals surface area contributed by atoms with Crippen LogP contribution in [-0.4, -0.2) is 23.5 Å². The monoisotopic (exact) mass is 256 g/mol. The lowest BCUT2D eigenvalue weighted by molar-refractivity contribution is -0.116. The summed E-state index contributed by atoms with van der Waals surface area (Å²) in [6, 6.07) is 0. The third-order valence-corrected chi connectivity index (χ3v) is 2.59. The lowest BCUT2D eigenvalue weighted by Gasteiger charge is -2.03. The van der Waals surface area contributed by atoms with Gasteiger partial charge in [-0.25, -0.2) is 9.78 Å². The molecule has 6 heteroatoms. The minimum atomic E-state index is -0.465. The van der Waals surface area contributed by atoms with Crippen LogP contribution in [0.15, 0.2) is 5.38 Å². The fourth-order valence-electron chi connectivity index (χ4n) is 1.17. The van der Waals surface area contributed by atoms with Gasteiger partial charge in [0, 0.05) is 11.8 Å². The van der Waals surface area contributed by atoms with Crippen LogP contribution in [0.25, 0.3) is 0 Å². The maximum absolute atomic E-state index is 11.5. The Hall–Kier alpha value is -1.43. The SMILES string of the molecule is CCOC(=O)c1csc(NC(=O)CC(C)C)n1. The number of aromatic nitrogens is 1. The van der Waals surface area contributed by atoms with Crippen LogP contribution in [0.2, 0.25) is 0 Å². The second-order valence-corrected chi connectivity index (χ2v) is 4.76. The number of hydrogen-bond acceptors (Lipinski definition) is 5. The molecule has 94 valence electrons. The molecule has 1 N–H and O–H groups in total. The summed E-state index contributed by atoms with van der Waals surface area (Å²) in [6.45, 7) is 5.97. The van der Waals surface area contributed by atoms with Gasteiger partial charge in [0.05, 0.1) is 6.61 Å². The van der Waals surface area contributed by atoms with E-state index in [2.05, 4.69) is 10.3 Å². The van der Waals surface area contributed by atoms with E-state index in [1.165, 1.54) is 11.3 Å². The van der Waals surface area contributed by atoms with Crippen LogP contribution in [-0.2, 0) is 9.53 Å². The number of esters is 1. The summed E-state index contributed by atoms with van der Waals surface area (Å²) in [5.41, 5.74) is 0.233. The zero-order valence-corrected chi connectivity index (χ0v) is 11.0. The summed E-state index contributed by atoms with van der Waals surface area (Å²) in [5, 5.41) is 4.65. The van der Waals surface area contributed by atoms with Gasteiger partial charge in [-0.3, -0.25) is 4.79 Å². The molecule has 0 radical (unpaired) electrons. The molecule has 1 heterocycles. The van der Waals surface area contributed by atoms with E-state index < -0.39 is 5.97 Å². The van der Waals surface area contributed by atoms with E-state index in [1.54, 1.807) is 12.3 Å². The second-order valence-electron chi connectivity index (χ2n) is 3.90. The number of thiazole rings is 1. The Morgan fingerprint density at radius 2 is 2.24 bits per heavy atom. The van der Waals surface area contributed by atoms with Gasteiger partial charge in [-0.15, -0.1) is 11.3 Å². The molecular formula is C11H16N2O3S. The van der Waals surface area contributed by atoms with Crippen molar-refractivity contribution in [1.29, 1.82) is 0 Å². The Kier molecular flexibility index (Phi) is 5.09. The van der Waals surface area contributed by atoms with E-state index in [0.29, 0.717) is 24.1 Å². The van der Waals surface area contributed by atoms with Crippen LogP contribution in [0, 0.1) is 5.92 Å². The largest absolute Gasteiger partial charge is 0.461 e. The maximum Gasteiger partial charge on any atom is 0.357 e. The molecule has 0 aliphatic heterocycles. The van der Waals surface area contributed by atoms with Gasteiger partial charge in [0.25, 0.3) is 0 Å². The smallest absolute Gasteiger partial charge is 0.357 e. The molecule has 1 aromatic rings. The van der Waals surface area contributed by atoms with Gasteiger partial charge in [0.2, 0.25) is 5.91 Å². The number of nitrogens with one attached hydrogen (secondary N) is 1. The van der Waals surface area contributed by atoms with Crippen molar-refractivity contribution in [2.45, 2.75) is 27.2 Å². The van der Waals surface area contributed by atoms with Crippen molar-refractivity contribution in [3.8, 4) is 0 Å². The molecule has 5 nitrogen and oxygen atoms in total. The molecule has 0 saturated heterocycles. The highest BCUT2D eigenvalue weighted by atomic mass is 32.1. The van der Waals surface area contributed by atoms with E-state index >= 15 is 0 Å². The number of anilines is 1. The van der Waals surface area contributed by atoms with Crippen molar-refractivity contribution in [3.05, 3.63) is 11.1 Å². The van der Waals surface area contributed by atoms with Gasteiger partial charge in [0.1, 0.15) is 0 Å². The summed E-state index contributed by atoms with van der Waals surface area (Å²) >= 11 is 1.22. The molecule has 0 atom stereocenters. The molecule has 0 aromatic carbocycles. The zero-order chi connectivity index (χ0) is 12.8. The normalized spacial score (nSPS) is 10.4. The highest BCUT2D eigenvalue weighted by Gasteiger charge is 2.13. The van der Waals surface area contributed by atoms with Crippen molar-refractivity contribution in [2.75, 3.05) is 11.9 Å². The number of rotatable bonds is 5. The molecule has 0 aliphatic carbocycles. The van der Waals surface area contributed by atoms with Crippen molar-refractivity contribution >= 4 is 28.3 Å². The van der Waals surface area contributed by atoms with Crippen LogP contribution >= 0.6 is 11.3 Å². The molecule has 1 amide bonds. The Morgan fingerprint density at radius 3 is 2.82 bits per heavy atom. The van der Waals surface area contributed by atoms with Gasteiger partial charge < -0.3 is 10.1 Å². The van der Waals surface area contributed by atoms with Crippen molar-refractivity contribution < 1.29 is 14.3 Å². The maximum atomic E-state index is 11.5.